The molecule has 0 aliphatic heterocycles. The molecule has 0 atom stereocenters. The van der Waals surface area contributed by atoms with Crippen LogP contribution in [0.3, 0.4) is 0 Å². The molecule has 11 rings (SSSR count). The van der Waals surface area contributed by atoms with Crippen molar-refractivity contribution >= 4 is 82.4 Å². The number of para-hydroxylation sites is 2. The number of anilines is 3. The van der Waals surface area contributed by atoms with Gasteiger partial charge in [0.05, 0.1) is 16.7 Å². The summed E-state index contributed by atoms with van der Waals surface area (Å²) in [5, 5.41) is 9.52. The summed E-state index contributed by atoms with van der Waals surface area (Å²) in [6, 6.07) is 69.7. The lowest BCUT2D eigenvalue weighted by Crippen LogP contribution is -2.10. The molecule has 3 nitrogen and oxygen atoms in total. The topological polar surface area (TPSA) is 21.3 Å². The molecule has 53 heavy (non-hydrogen) atoms. The molecule has 9 aromatic carbocycles. The molecule has 0 fully saturated rings. The molecular formula is C50H32N2O. The Morgan fingerprint density at radius 3 is 1.85 bits per heavy atom. The summed E-state index contributed by atoms with van der Waals surface area (Å²) in [7, 11) is 0. The first kappa shape index (κ1) is 29.6. The van der Waals surface area contributed by atoms with Crippen molar-refractivity contribution in [2.75, 3.05) is 4.90 Å². The Morgan fingerprint density at radius 2 is 1.04 bits per heavy atom. The number of aromatic nitrogens is 1. The van der Waals surface area contributed by atoms with Gasteiger partial charge in [-0.2, -0.15) is 0 Å². The fourth-order valence-corrected chi connectivity index (χ4v) is 8.28. The van der Waals surface area contributed by atoms with Crippen LogP contribution in [-0.2, 0) is 0 Å². The number of furan rings is 1. The van der Waals surface area contributed by atoms with E-state index in [1.165, 1.54) is 49.0 Å². The molecule has 248 valence electrons. The molecule has 0 amide bonds. The largest absolute Gasteiger partial charge is 0.454 e. The van der Waals surface area contributed by atoms with Gasteiger partial charge in [-0.3, -0.25) is 0 Å². The Balaban J connectivity index is 1.19. The van der Waals surface area contributed by atoms with E-state index in [2.05, 4.69) is 204 Å². The van der Waals surface area contributed by atoms with Crippen LogP contribution >= 0.6 is 0 Å². The summed E-state index contributed by atoms with van der Waals surface area (Å²) < 4.78 is 9.22. The Hall–Kier alpha value is -7.10. The Bertz CT molecular complexity index is 3160. The van der Waals surface area contributed by atoms with E-state index < -0.39 is 0 Å². The number of hydrogen-bond acceptors (Lipinski definition) is 2. The molecule has 0 saturated heterocycles. The quantitative estimate of drug-likeness (QED) is 0.181. The Morgan fingerprint density at radius 1 is 0.396 bits per heavy atom. The molecule has 2 heterocycles. The lowest BCUT2D eigenvalue weighted by Gasteiger charge is -2.26. The molecule has 0 radical (unpaired) electrons. The van der Waals surface area contributed by atoms with Crippen LogP contribution < -0.4 is 4.90 Å². The Labute approximate surface area is 306 Å². The highest BCUT2D eigenvalue weighted by molar-refractivity contribution is 6.21. The zero-order valence-electron chi connectivity index (χ0n) is 28.8. The first-order valence-electron chi connectivity index (χ1n) is 18.1. The van der Waals surface area contributed by atoms with Crippen LogP contribution in [0.25, 0.3) is 82.1 Å². The van der Waals surface area contributed by atoms with Crippen molar-refractivity contribution in [2.24, 2.45) is 0 Å². The second-order valence-electron chi connectivity index (χ2n) is 13.8. The molecule has 2 aromatic heterocycles. The van der Waals surface area contributed by atoms with Crippen LogP contribution in [0.4, 0.5) is 17.1 Å². The standard InChI is InChI=1S/C50H32N2O/c1-3-12-33(13-4-1)34-22-25-39(26-23-34)51(46-21-11-20-42-49-41-19-10-9-14-35(41)24-29-48(49)53-50(42)46)40-27-28-45-44(32-40)43-30-36-15-7-8-16-37(36)31-47(43)52(45)38-17-5-2-6-18-38/h1-32H. The maximum atomic E-state index is 6.83. The van der Waals surface area contributed by atoms with Gasteiger partial charge in [0.25, 0.3) is 0 Å². The summed E-state index contributed by atoms with van der Waals surface area (Å²) in [6.07, 6.45) is 0. The van der Waals surface area contributed by atoms with Gasteiger partial charge in [0, 0.05) is 38.6 Å². The highest BCUT2D eigenvalue weighted by Crippen LogP contribution is 2.45. The summed E-state index contributed by atoms with van der Waals surface area (Å²) in [5.41, 5.74) is 10.7. The van der Waals surface area contributed by atoms with Gasteiger partial charge in [-0.1, -0.05) is 127 Å². The van der Waals surface area contributed by atoms with Crippen molar-refractivity contribution in [3.8, 4) is 16.8 Å². The van der Waals surface area contributed by atoms with Crippen LogP contribution in [0.2, 0.25) is 0 Å². The van der Waals surface area contributed by atoms with Crippen LogP contribution in [0, 0.1) is 0 Å². The van der Waals surface area contributed by atoms with E-state index >= 15 is 0 Å². The SMILES string of the molecule is c1ccc(-c2ccc(N(c3ccc4c(c3)c3cc5ccccc5cc3n4-c3ccccc3)c3cccc4c3oc3ccc5ccccc5c34)cc2)cc1. The monoisotopic (exact) mass is 676 g/mol. The minimum absolute atomic E-state index is 0.865. The van der Waals surface area contributed by atoms with Crippen molar-refractivity contribution in [1.29, 1.82) is 0 Å². The molecule has 0 aliphatic carbocycles. The van der Waals surface area contributed by atoms with Gasteiger partial charge in [0.1, 0.15) is 5.58 Å². The fraction of sp³-hybridized carbons (Fsp3) is 0. The molecule has 0 saturated carbocycles. The Kier molecular flexibility index (Phi) is 6.55. The maximum absolute atomic E-state index is 6.83. The minimum atomic E-state index is 0.865. The first-order valence-corrected chi connectivity index (χ1v) is 18.1. The predicted octanol–water partition coefficient (Wildman–Crippen LogP) is 14.1. The second-order valence-corrected chi connectivity index (χ2v) is 13.8. The average Bonchev–Trinajstić information content (AvgIpc) is 3.77. The number of hydrogen-bond donors (Lipinski definition) is 0. The van der Waals surface area contributed by atoms with E-state index in [1.54, 1.807) is 0 Å². The molecule has 0 aliphatic rings. The lowest BCUT2D eigenvalue weighted by atomic mass is 10.0. The van der Waals surface area contributed by atoms with Gasteiger partial charge in [0.15, 0.2) is 5.58 Å². The van der Waals surface area contributed by atoms with Crippen LogP contribution in [0.1, 0.15) is 0 Å². The predicted molar refractivity (Wildman–Crippen MR) is 223 cm³/mol. The van der Waals surface area contributed by atoms with E-state index in [-0.39, 0.29) is 0 Å². The van der Waals surface area contributed by atoms with Crippen LogP contribution in [-0.4, -0.2) is 4.57 Å². The molecule has 3 heteroatoms. The summed E-state index contributed by atoms with van der Waals surface area (Å²) >= 11 is 0. The summed E-state index contributed by atoms with van der Waals surface area (Å²) in [5.74, 6) is 0. The van der Waals surface area contributed by atoms with Gasteiger partial charge in [0.2, 0.25) is 0 Å². The van der Waals surface area contributed by atoms with Crippen molar-refractivity contribution in [1.82, 2.24) is 4.57 Å². The van der Waals surface area contributed by atoms with Crippen LogP contribution in [0.5, 0.6) is 0 Å². The minimum Gasteiger partial charge on any atom is -0.454 e. The van der Waals surface area contributed by atoms with Crippen molar-refractivity contribution in [2.45, 2.75) is 0 Å². The number of benzene rings is 9. The third-order valence-electron chi connectivity index (χ3n) is 10.7. The molecule has 0 unspecified atom stereocenters. The fourth-order valence-electron chi connectivity index (χ4n) is 8.28. The molecule has 0 spiro atoms. The molecule has 11 aromatic rings. The molecular weight excluding hydrogens is 645 g/mol. The summed E-state index contributed by atoms with van der Waals surface area (Å²) in [6.45, 7) is 0. The number of fused-ring (bicyclic) bond motifs is 9. The first-order chi connectivity index (χ1) is 26.3. The van der Waals surface area contributed by atoms with Crippen molar-refractivity contribution < 1.29 is 4.42 Å². The smallest absolute Gasteiger partial charge is 0.159 e. The highest BCUT2D eigenvalue weighted by Gasteiger charge is 2.22. The van der Waals surface area contributed by atoms with Gasteiger partial charge >= 0.3 is 0 Å². The third kappa shape index (κ3) is 4.68. The second kappa shape index (κ2) is 11.7. The number of rotatable bonds is 5. The van der Waals surface area contributed by atoms with E-state index in [4.69, 9.17) is 4.42 Å². The van der Waals surface area contributed by atoms with E-state index in [9.17, 15) is 0 Å². The van der Waals surface area contributed by atoms with Crippen molar-refractivity contribution in [3.05, 3.63) is 194 Å². The average molecular weight is 677 g/mol. The molecule has 0 N–H and O–H groups in total. The summed E-state index contributed by atoms with van der Waals surface area (Å²) in [4.78, 5) is 2.36. The van der Waals surface area contributed by atoms with Crippen molar-refractivity contribution in [3.63, 3.8) is 0 Å². The highest BCUT2D eigenvalue weighted by atomic mass is 16.3. The lowest BCUT2D eigenvalue weighted by molar-refractivity contribution is 0.669. The maximum Gasteiger partial charge on any atom is 0.159 e. The van der Waals surface area contributed by atoms with Gasteiger partial charge in [-0.25, -0.2) is 0 Å². The van der Waals surface area contributed by atoms with Gasteiger partial charge < -0.3 is 13.9 Å². The number of nitrogens with zero attached hydrogens (tertiary/aromatic N) is 2. The van der Waals surface area contributed by atoms with Gasteiger partial charge in [-0.05, 0) is 99.4 Å². The van der Waals surface area contributed by atoms with Crippen LogP contribution in [0.15, 0.2) is 199 Å². The van der Waals surface area contributed by atoms with E-state index in [0.717, 1.165) is 50.2 Å². The van der Waals surface area contributed by atoms with Gasteiger partial charge in [-0.15, -0.1) is 0 Å². The zero-order valence-corrected chi connectivity index (χ0v) is 28.8. The van der Waals surface area contributed by atoms with E-state index in [0.29, 0.717) is 0 Å². The normalized spacial score (nSPS) is 11.8. The zero-order chi connectivity index (χ0) is 34.9. The third-order valence-corrected chi connectivity index (χ3v) is 10.7. The van der Waals surface area contributed by atoms with E-state index in [1.807, 2.05) is 0 Å². The molecule has 0 bridgehead atoms.